The van der Waals surface area contributed by atoms with E-state index in [1.807, 2.05) is 6.92 Å². The molecule has 4 rings (SSSR count). The van der Waals surface area contributed by atoms with Gasteiger partial charge in [-0.05, 0) is 37.6 Å². The van der Waals surface area contributed by atoms with E-state index in [9.17, 15) is 4.39 Å². The number of rotatable bonds is 4. The van der Waals surface area contributed by atoms with Crippen LogP contribution in [0, 0.1) is 12.7 Å². The minimum Gasteiger partial charge on any atom is -0.309 e. The van der Waals surface area contributed by atoms with Gasteiger partial charge in [-0.3, -0.25) is 0 Å². The standard InChI is InChI=1S/C17H18FN5S/c1-11-20-15(10-24-11)8-19-14-6-7-16-21-22-17(23(16)9-14)12-2-4-13(18)5-3-12/h2-5,10,14,19H,6-9H2,1H3. The van der Waals surface area contributed by atoms with E-state index in [4.69, 9.17) is 0 Å². The lowest BCUT2D eigenvalue weighted by atomic mass is 10.1. The largest absolute Gasteiger partial charge is 0.309 e. The predicted octanol–water partition coefficient (Wildman–Crippen LogP) is 2.95. The number of hydrogen-bond acceptors (Lipinski definition) is 5. The van der Waals surface area contributed by atoms with E-state index in [1.54, 1.807) is 23.5 Å². The Balaban J connectivity index is 1.49. The molecule has 7 heteroatoms. The van der Waals surface area contributed by atoms with Gasteiger partial charge in [-0.2, -0.15) is 0 Å². The first-order chi connectivity index (χ1) is 11.7. The van der Waals surface area contributed by atoms with Crippen LogP contribution < -0.4 is 5.32 Å². The van der Waals surface area contributed by atoms with Gasteiger partial charge in [0.25, 0.3) is 0 Å². The third kappa shape index (κ3) is 3.09. The minimum atomic E-state index is -0.241. The van der Waals surface area contributed by atoms with E-state index in [0.717, 1.165) is 53.8 Å². The van der Waals surface area contributed by atoms with Crippen LogP contribution in [-0.2, 0) is 19.5 Å². The van der Waals surface area contributed by atoms with Gasteiger partial charge in [-0.25, -0.2) is 9.37 Å². The summed E-state index contributed by atoms with van der Waals surface area (Å²) < 4.78 is 15.3. The van der Waals surface area contributed by atoms with E-state index in [1.165, 1.54) is 12.1 Å². The molecule has 1 aliphatic heterocycles. The lowest BCUT2D eigenvalue weighted by Crippen LogP contribution is -2.37. The molecule has 124 valence electrons. The van der Waals surface area contributed by atoms with E-state index in [-0.39, 0.29) is 5.82 Å². The number of benzene rings is 1. The van der Waals surface area contributed by atoms with Gasteiger partial charge in [-0.15, -0.1) is 21.5 Å². The van der Waals surface area contributed by atoms with Crippen LogP contribution in [0.25, 0.3) is 11.4 Å². The molecule has 5 nitrogen and oxygen atoms in total. The van der Waals surface area contributed by atoms with Crippen molar-refractivity contribution in [3.8, 4) is 11.4 Å². The summed E-state index contributed by atoms with van der Waals surface area (Å²) in [5.41, 5.74) is 1.98. The maximum Gasteiger partial charge on any atom is 0.164 e. The molecule has 0 bridgehead atoms. The van der Waals surface area contributed by atoms with Gasteiger partial charge >= 0.3 is 0 Å². The summed E-state index contributed by atoms with van der Waals surface area (Å²) in [7, 11) is 0. The van der Waals surface area contributed by atoms with Crippen molar-refractivity contribution in [2.75, 3.05) is 0 Å². The zero-order valence-corrected chi connectivity index (χ0v) is 14.2. The first-order valence-corrected chi connectivity index (χ1v) is 8.89. The number of aromatic nitrogens is 4. The van der Waals surface area contributed by atoms with Crippen LogP contribution in [0.1, 0.15) is 22.9 Å². The van der Waals surface area contributed by atoms with E-state index < -0.39 is 0 Å². The molecule has 0 spiro atoms. The Bertz CT molecular complexity index is 839. The molecule has 1 N–H and O–H groups in total. The Morgan fingerprint density at radius 3 is 2.88 bits per heavy atom. The lowest BCUT2D eigenvalue weighted by molar-refractivity contribution is 0.379. The Kier molecular flexibility index (Phi) is 4.12. The third-order valence-electron chi connectivity index (χ3n) is 4.29. The second kappa shape index (κ2) is 6.41. The monoisotopic (exact) mass is 343 g/mol. The Morgan fingerprint density at radius 2 is 2.12 bits per heavy atom. The second-order valence-corrected chi connectivity index (χ2v) is 7.09. The summed E-state index contributed by atoms with van der Waals surface area (Å²) in [5, 5.41) is 15.4. The average molecular weight is 343 g/mol. The number of nitrogens with zero attached hydrogens (tertiary/aromatic N) is 4. The lowest BCUT2D eigenvalue weighted by Gasteiger charge is -2.25. The molecule has 1 aliphatic rings. The van der Waals surface area contributed by atoms with Gasteiger partial charge in [0.1, 0.15) is 11.6 Å². The first kappa shape index (κ1) is 15.4. The zero-order valence-electron chi connectivity index (χ0n) is 13.4. The number of aryl methyl sites for hydroxylation is 2. The van der Waals surface area contributed by atoms with Gasteiger partial charge in [-0.1, -0.05) is 0 Å². The summed E-state index contributed by atoms with van der Waals surface area (Å²) in [6, 6.07) is 6.78. The van der Waals surface area contributed by atoms with E-state index >= 15 is 0 Å². The smallest absolute Gasteiger partial charge is 0.164 e. The maximum atomic E-state index is 13.1. The molecule has 0 aliphatic carbocycles. The summed E-state index contributed by atoms with van der Waals surface area (Å²) in [5.74, 6) is 1.56. The van der Waals surface area contributed by atoms with Crippen molar-refractivity contribution in [1.82, 2.24) is 25.1 Å². The van der Waals surface area contributed by atoms with Crippen LogP contribution >= 0.6 is 11.3 Å². The number of nitrogens with one attached hydrogen (secondary N) is 1. The molecular formula is C17H18FN5S. The Morgan fingerprint density at radius 1 is 1.29 bits per heavy atom. The summed E-state index contributed by atoms with van der Waals surface area (Å²) in [6.45, 7) is 3.61. The van der Waals surface area contributed by atoms with Crippen LogP contribution in [-0.4, -0.2) is 25.8 Å². The Labute approximate surface area is 143 Å². The first-order valence-electron chi connectivity index (χ1n) is 8.01. The van der Waals surface area contributed by atoms with E-state index in [0.29, 0.717) is 6.04 Å². The van der Waals surface area contributed by atoms with Crippen molar-refractivity contribution in [3.63, 3.8) is 0 Å². The number of halogens is 1. The number of thiazole rings is 1. The van der Waals surface area contributed by atoms with Crippen molar-refractivity contribution in [2.45, 2.75) is 38.9 Å². The quantitative estimate of drug-likeness (QED) is 0.791. The van der Waals surface area contributed by atoms with Gasteiger partial charge in [0.15, 0.2) is 5.82 Å². The van der Waals surface area contributed by atoms with Crippen LogP contribution in [0.2, 0.25) is 0 Å². The molecule has 0 fully saturated rings. The van der Waals surface area contributed by atoms with Crippen molar-refractivity contribution in [2.24, 2.45) is 0 Å². The molecule has 1 unspecified atom stereocenters. The molecule has 24 heavy (non-hydrogen) atoms. The molecule has 1 atom stereocenters. The fraction of sp³-hybridized carbons (Fsp3) is 0.353. The van der Waals surface area contributed by atoms with Crippen LogP contribution in [0.5, 0.6) is 0 Å². The predicted molar refractivity (Wildman–Crippen MR) is 91.2 cm³/mol. The van der Waals surface area contributed by atoms with Gasteiger partial charge in [0, 0.05) is 36.5 Å². The second-order valence-electron chi connectivity index (χ2n) is 6.03. The third-order valence-corrected chi connectivity index (χ3v) is 5.11. The highest BCUT2D eigenvalue weighted by Gasteiger charge is 2.23. The van der Waals surface area contributed by atoms with Crippen molar-refractivity contribution in [1.29, 1.82) is 0 Å². The van der Waals surface area contributed by atoms with Crippen molar-refractivity contribution < 1.29 is 4.39 Å². The van der Waals surface area contributed by atoms with Crippen molar-refractivity contribution in [3.05, 3.63) is 52.0 Å². The van der Waals surface area contributed by atoms with Crippen LogP contribution in [0.15, 0.2) is 29.6 Å². The molecule has 1 aromatic carbocycles. The molecule has 0 saturated heterocycles. The topological polar surface area (TPSA) is 55.6 Å². The molecule has 0 radical (unpaired) electrons. The highest BCUT2D eigenvalue weighted by molar-refractivity contribution is 7.09. The van der Waals surface area contributed by atoms with Gasteiger partial charge < -0.3 is 9.88 Å². The fourth-order valence-corrected chi connectivity index (χ4v) is 3.66. The number of hydrogen-bond donors (Lipinski definition) is 1. The average Bonchev–Trinajstić information content (AvgIpc) is 3.19. The van der Waals surface area contributed by atoms with Gasteiger partial charge in [0.05, 0.1) is 10.7 Å². The van der Waals surface area contributed by atoms with E-state index in [2.05, 4.69) is 30.4 Å². The molecule has 0 saturated carbocycles. The SMILES string of the molecule is Cc1nc(CNC2CCc3nnc(-c4ccc(F)cc4)n3C2)cs1. The summed E-state index contributed by atoms with van der Waals surface area (Å²) in [6.07, 6.45) is 1.92. The Hall–Kier alpha value is -2.12. The molecule has 3 heterocycles. The molecule has 0 amide bonds. The van der Waals surface area contributed by atoms with Crippen LogP contribution in [0.4, 0.5) is 4.39 Å². The minimum absolute atomic E-state index is 0.241. The molecule has 3 aromatic rings. The number of fused-ring (bicyclic) bond motifs is 1. The van der Waals surface area contributed by atoms with Crippen LogP contribution in [0.3, 0.4) is 0 Å². The van der Waals surface area contributed by atoms with Gasteiger partial charge in [0.2, 0.25) is 0 Å². The zero-order chi connectivity index (χ0) is 16.5. The summed E-state index contributed by atoms with van der Waals surface area (Å²) in [4.78, 5) is 4.49. The highest BCUT2D eigenvalue weighted by atomic mass is 32.1. The van der Waals surface area contributed by atoms with Crippen molar-refractivity contribution >= 4 is 11.3 Å². The highest BCUT2D eigenvalue weighted by Crippen LogP contribution is 2.23. The normalized spacial score (nSPS) is 17.0. The molecule has 2 aromatic heterocycles. The maximum absolute atomic E-state index is 13.1. The fourth-order valence-electron chi connectivity index (χ4n) is 3.04. The molecular weight excluding hydrogens is 325 g/mol. The summed E-state index contributed by atoms with van der Waals surface area (Å²) >= 11 is 1.67.